The lowest BCUT2D eigenvalue weighted by Gasteiger charge is -2.04. The third-order valence-corrected chi connectivity index (χ3v) is 4.08. The molecule has 0 fully saturated rings. The van der Waals surface area contributed by atoms with Gasteiger partial charge in [0, 0.05) is 49.2 Å². The van der Waals surface area contributed by atoms with Crippen molar-refractivity contribution in [3.63, 3.8) is 0 Å². The quantitative estimate of drug-likeness (QED) is 0.550. The van der Waals surface area contributed by atoms with Crippen molar-refractivity contribution in [1.29, 1.82) is 0 Å². The zero-order chi connectivity index (χ0) is 16.8. The summed E-state index contributed by atoms with van der Waals surface area (Å²) in [5, 5.41) is 11.8. The molecule has 8 heteroatoms. The molecule has 25 heavy (non-hydrogen) atoms. The fourth-order valence-electron chi connectivity index (χ4n) is 2.90. The first-order valence-corrected chi connectivity index (χ1v) is 7.79. The molecular formula is C17H14N8. The Morgan fingerprint density at radius 1 is 1.00 bits per heavy atom. The second kappa shape index (κ2) is 5.17. The monoisotopic (exact) mass is 330 g/mol. The molecule has 5 aromatic rings. The lowest BCUT2D eigenvalue weighted by molar-refractivity contribution is 0.768. The van der Waals surface area contributed by atoms with Crippen molar-refractivity contribution in [3.05, 3.63) is 61.6 Å². The lowest BCUT2D eigenvalue weighted by atomic mass is 10.1. The Morgan fingerprint density at radius 2 is 1.96 bits per heavy atom. The molecule has 0 spiro atoms. The molecule has 0 aliphatic rings. The van der Waals surface area contributed by atoms with E-state index in [1.807, 2.05) is 52.9 Å². The predicted molar refractivity (Wildman–Crippen MR) is 93.7 cm³/mol. The number of anilines is 2. The van der Waals surface area contributed by atoms with Gasteiger partial charge in [0.1, 0.15) is 5.65 Å². The van der Waals surface area contributed by atoms with E-state index in [0.717, 1.165) is 28.0 Å². The van der Waals surface area contributed by atoms with E-state index < -0.39 is 0 Å². The van der Waals surface area contributed by atoms with Gasteiger partial charge in [-0.05, 0) is 18.2 Å². The van der Waals surface area contributed by atoms with Crippen molar-refractivity contribution >= 4 is 22.8 Å². The van der Waals surface area contributed by atoms with Crippen LogP contribution in [0.1, 0.15) is 0 Å². The van der Waals surface area contributed by atoms with Crippen LogP contribution in [0.15, 0.2) is 61.6 Å². The molecular weight excluding hydrogens is 316 g/mol. The fourth-order valence-corrected chi connectivity index (χ4v) is 2.90. The summed E-state index contributed by atoms with van der Waals surface area (Å²) < 4.78 is 5.54. The van der Waals surface area contributed by atoms with Gasteiger partial charge in [-0.1, -0.05) is 0 Å². The average Bonchev–Trinajstić information content (AvgIpc) is 3.33. The number of hydrogen-bond donors (Lipinski definition) is 1. The van der Waals surface area contributed by atoms with Crippen LogP contribution in [-0.4, -0.2) is 33.8 Å². The minimum absolute atomic E-state index is 0.521. The molecule has 0 bridgehead atoms. The maximum absolute atomic E-state index is 4.52. The topological polar surface area (TPSA) is 77.3 Å². The van der Waals surface area contributed by atoms with Gasteiger partial charge in [-0.3, -0.25) is 4.68 Å². The summed E-state index contributed by atoms with van der Waals surface area (Å²) in [4.78, 5) is 8.70. The van der Waals surface area contributed by atoms with Gasteiger partial charge >= 0.3 is 0 Å². The van der Waals surface area contributed by atoms with E-state index in [2.05, 4.69) is 37.7 Å². The highest BCUT2D eigenvalue weighted by molar-refractivity contribution is 5.80. The van der Waals surface area contributed by atoms with Gasteiger partial charge in [-0.2, -0.15) is 5.10 Å². The van der Waals surface area contributed by atoms with E-state index in [-0.39, 0.29) is 0 Å². The van der Waals surface area contributed by atoms with Gasteiger partial charge in [0.25, 0.3) is 0 Å². The molecule has 0 aliphatic heterocycles. The summed E-state index contributed by atoms with van der Waals surface area (Å²) >= 11 is 0. The fraction of sp³-hybridized carbons (Fsp3) is 0.0588. The molecule has 0 amide bonds. The van der Waals surface area contributed by atoms with Crippen LogP contribution in [0.4, 0.5) is 11.6 Å². The minimum atomic E-state index is 0.521. The zero-order valence-corrected chi connectivity index (χ0v) is 13.4. The Morgan fingerprint density at radius 3 is 2.84 bits per heavy atom. The first-order valence-electron chi connectivity index (χ1n) is 7.79. The number of aromatic nitrogens is 7. The molecule has 1 N–H and O–H groups in total. The predicted octanol–water partition coefficient (Wildman–Crippen LogP) is 2.52. The molecule has 0 aliphatic carbocycles. The average molecular weight is 330 g/mol. The van der Waals surface area contributed by atoms with E-state index >= 15 is 0 Å². The molecule has 0 aromatic carbocycles. The van der Waals surface area contributed by atoms with E-state index in [9.17, 15) is 0 Å². The maximum Gasteiger partial charge on any atom is 0.245 e. The molecule has 0 radical (unpaired) electrons. The molecule has 5 aromatic heterocycles. The molecule has 0 atom stereocenters. The van der Waals surface area contributed by atoms with Crippen LogP contribution in [0.5, 0.6) is 0 Å². The summed E-state index contributed by atoms with van der Waals surface area (Å²) in [6.45, 7) is 0. The summed E-state index contributed by atoms with van der Waals surface area (Å²) in [6.07, 6.45) is 13.1. The van der Waals surface area contributed by atoms with Gasteiger partial charge in [0.05, 0.1) is 23.6 Å². The van der Waals surface area contributed by atoms with Crippen molar-refractivity contribution < 1.29 is 0 Å². The second-order valence-electron chi connectivity index (χ2n) is 5.78. The number of aryl methyl sites for hydroxylation is 1. The van der Waals surface area contributed by atoms with Gasteiger partial charge in [-0.25, -0.2) is 14.5 Å². The molecule has 0 saturated heterocycles. The highest BCUT2D eigenvalue weighted by atomic mass is 15.3. The van der Waals surface area contributed by atoms with Gasteiger partial charge in [0.2, 0.25) is 5.95 Å². The van der Waals surface area contributed by atoms with Crippen LogP contribution in [0.2, 0.25) is 0 Å². The number of nitrogens with one attached hydrogen (secondary N) is 1. The largest absolute Gasteiger partial charge is 0.320 e. The second-order valence-corrected chi connectivity index (χ2v) is 5.78. The summed E-state index contributed by atoms with van der Waals surface area (Å²) in [5.74, 6) is 0.521. The van der Waals surface area contributed by atoms with Gasteiger partial charge in [0.15, 0.2) is 0 Å². The van der Waals surface area contributed by atoms with Crippen molar-refractivity contribution in [3.8, 4) is 11.1 Å². The smallest absolute Gasteiger partial charge is 0.245 e. The molecule has 8 nitrogen and oxygen atoms in total. The minimum Gasteiger partial charge on any atom is -0.320 e. The highest BCUT2D eigenvalue weighted by Gasteiger charge is 2.09. The number of fused-ring (bicyclic) bond motifs is 2. The van der Waals surface area contributed by atoms with Crippen LogP contribution < -0.4 is 5.32 Å². The first kappa shape index (κ1) is 13.7. The number of imidazole rings is 1. The Kier molecular flexibility index (Phi) is 2.84. The third kappa shape index (κ3) is 2.31. The maximum atomic E-state index is 4.52. The summed E-state index contributed by atoms with van der Waals surface area (Å²) in [5.41, 5.74) is 4.87. The Bertz CT molecular complexity index is 1200. The van der Waals surface area contributed by atoms with E-state index in [1.54, 1.807) is 17.1 Å². The van der Waals surface area contributed by atoms with Crippen LogP contribution in [0.25, 0.3) is 22.3 Å². The molecule has 122 valence electrons. The van der Waals surface area contributed by atoms with Crippen LogP contribution in [0, 0.1) is 0 Å². The van der Waals surface area contributed by atoms with E-state index in [4.69, 9.17) is 0 Å². The zero-order valence-electron chi connectivity index (χ0n) is 13.4. The van der Waals surface area contributed by atoms with Crippen molar-refractivity contribution in [2.45, 2.75) is 0 Å². The van der Waals surface area contributed by atoms with E-state index in [1.165, 1.54) is 0 Å². The Hall–Kier alpha value is -3.68. The van der Waals surface area contributed by atoms with Crippen molar-refractivity contribution in [1.82, 2.24) is 33.8 Å². The van der Waals surface area contributed by atoms with Crippen LogP contribution in [-0.2, 0) is 7.05 Å². The van der Waals surface area contributed by atoms with Crippen molar-refractivity contribution in [2.24, 2.45) is 7.05 Å². The standard InChI is InChI=1S/C17H14N8/c1-23-11-13(8-20-23)21-17-19-9-15-14(4-6-25(15)22-17)12-2-3-16-18-5-7-24(16)10-12/h2-11H,1H3,(H,21,22). The number of nitrogens with zero attached hydrogens (tertiary/aromatic N) is 7. The number of hydrogen-bond acceptors (Lipinski definition) is 5. The van der Waals surface area contributed by atoms with Gasteiger partial charge < -0.3 is 9.72 Å². The van der Waals surface area contributed by atoms with Crippen molar-refractivity contribution in [2.75, 3.05) is 5.32 Å². The Labute approximate surface area is 142 Å². The summed E-state index contributed by atoms with van der Waals surface area (Å²) in [6, 6.07) is 6.09. The highest BCUT2D eigenvalue weighted by Crippen LogP contribution is 2.25. The molecule has 0 saturated carbocycles. The number of pyridine rings is 1. The molecule has 5 heterocycles. The SMILES string of the molecule is Cn1cc(Nc2ncc3c(-c4ccc5nccn5c4)ccn3n2)cn1. The van der Waals surface area contributed by atoms with E-state index in [0.29, 0.717) is 5.95 Å². The van der Waals surface area contributed by atoms with Gasteiger partial charge in [-0.15, -0.1) is 5.10 Å². The molecule has 0 unspecified atom stereocenters. The lowest BCUT2D eigenvalue weighted by Crippen LogP contribution is -2.00. The van der Waals surface area contributed by atoms with Crippen LogP contribution in [0.3, 0.4) is 0 Å². The normalized spacial score (nSPS) is 11.4. The first-order chi connectivity index (χ1) is 12.3. The number of rotatable bonds is 3. The summed E-state index contributed by atoms with van der Waals surface area (Å²) in [7, 11) is 1.87. The van der Waals surface area contributed by atoms with Crippen LogP contribution >= 0.6 is 0 Å². The Balaban J connectivity index is 1.54. The molecule has 5 rings (SSSR count). The third-order valence-electron chi connectivity index (χ3n) is 4.08.